The third-order valence-electron chi connectivity index (χ3n) is 2.54. The molecule has 0 fully saturated rings. The number of amides is 1. The fraction of sp³-hybridized carbons (Fsp3) is 0.538. The maximum Gasteiger partial charge on any atom is 0.307 e. The molecule has 0 bridgehead atoms. The average molecular weight is 300 g/mol. The van der Waals surface area contributed by atoms with E-state index in [9.17, 15) is 9.59 Å². The average Bonchev–Trinajstić information content (AvgIpc) is 2.42. The summed E-state index contributed by atoms with van der Waals surface area (Å²) < 4.78 is 4.58. The normalized spacial score (nSPS) is 10.4. The lowest BCUT2D eigenvalue weighted by Gasteiger charge is -2.23. The molecular weight excluding hydrogens is 282 g/mol. The van der Waals surface area contributed by atoms with E-state index in [1.165, 1.54) is 19.2 Å². The van der Waals surface area contributed by atoms with Gasteiger partial charge in [-0.3, -0.25) is 9.59 Å². The topological polar surface area (TPSA) is 72.4 Å². The van der Waals surface area contributed by atoms with E-state index >= 15 is 0 Å². The first-order chi connectivity index (χ1) is 9.43. The number of ether oxygens (including phenoxy) is 1. The monoisotopic (exact) mass is 299 g/mol. The molecule has 6 nitrogen and oxygen atoms in total. The van der Waals surface area contributed by atoms with Crippen LogP contribution in [0.1, 0.15) is 30.8 Å². The van der Waals surface area contributed by atoms with Gasteiger partial charge in [-0.15, -0.1) is 10.2 Å². The van der Waals surface area contributed by atoms with Gasteiger partial charge in [0.05, 0.1) is 13.5 Å². The van der Waals surface area contributed by atoms with Crippen molar-refractivity contribution in [3.8, 4) is 0 Å². The molecule has 0 saturated heterocycles. The van der Waals surface area contributed by atoms with Gasteiger partial charge in [0, 0.05) is 13.1 Å². The van der Waals surface area contributed by atoms with Gasteiger partial charge in [0.2, 0.25) is 0 Å². The molecule has 1 aromatic rings. The molecule has 0 aliphatic rings. The van der Waals surface area contributed by atoms with Crippen LogP contribution in [0.25, 0.3) is 0 Å². The van der Waals surface area contributed by atoms with Gasteiger partial charge in [-0.1, -0.05) is 25.4 Å². The van der Waals surface area contributed by atoms with Crippen molar-refractivity contribution in [2.75, 3.05) is 20.2 Å². The Morgan fingerprint density at radius 2 is 2.05 bits per heavy atom. The van der Waals surface area contributed by atoms with Crippen molar-refractivity contribution in [2.45, 2.75) is 20.3 Å². The second-order valence-corrected chi connectivity index (χ2v) is 5.10. The minimum atomic E-state index is -0.353. The van der Waals surface area contributed by atoms with Crippen LogP contribution in [-0.4, -0.2) is 47.2 Å². The molecule has 0 spiro atoms. The maximum absolute atomic E-state index is 12.3. The Hall–Kier alpha value is -1.69. The Balaban J connectivity index is 2.78. The summed E-state index contributed by atoms with van der Waals surface area (Å²) in [5, 5.41) is 7.64. The zero-order valence-electron chi connectivity index (χ0n) is 11.8. The summed E-state index contributed by atoms with van der Waals surface area (Å²) in [5.74, 6) is -0.350. The summed E-state index contributed by atoms with van der Waals surface area (Å²) >= 11 is 5.64. The third kappa shape index (κ3) is 5.13. The van der Waals surface area contributed by atoms with Gasteiger partial charge in [0.1, 0.15) is 0 Å². The zero-order chi connectivity index (χ0) is 15.1. The van der Waals surface area contributed by atoms with E-state index in [2.05, 4.69) is 14.9 Å². The van der Waals surface area contributed by atoms with E-state index in [0.717, 1.165) is 0 Å². The molecule has 1 amide bonds. The van der Waals surface area contributed by atoms with Crippen LogP contribution in [0.2, 0.25) is 5.15 Å². The van der Waals surface area contributed by atoms with Crippen molar-refractivity contribution >= 4 is 23.5 Å². The van der Waals surface area contributed by atoms with Crippen LogP contribution < -0.4 is 0 Å². The molecule has 1 rings (SSSR count). The lowest BCUT2D eigenvalue weighted by molar-refractivity contribution is -0.140. The first kappa shape index (κ1) is 16.4. The van der Waals surface area contributed by atoms with Crippen LogP contribution in [0, 0.1) is 5.92 Å². The molecule has 20 heavy (non-hydrogen) atoms. The number of nitrogens with zero attached hydrogens (tertiary/aromatic N) is 3. The summed E-state index contributed by atoms with van der Waals surface area (Å²) in [6.07, 6.45) is 0.149. The highest BCUT2D eigenvalue weighted by Crippen LogP contribution is 2.08. The van der Waals surface area contributed by atoms with Gasteiger partial charge in [-0.2, -0.15) is 0 Å². The van der Waals surface area contributed by atoms with Crippen molar-refractivity contribution in [1.29, 1.82) is 0 Å². The van der Waals surface area contributed by atoms with E-state index in [1.807, 2.05) is 13.8 Å². The van der Waals surface area contributed by atoms with Crippen molar-refractivity contribution in [3.05, 3.63) is 23.0 Å². The van der Waals surface area contributed by atoms with Crippen LogP contribution >= 0.6 is 11.6 Å². The molecule has 110 valence electrons. The fourth-order valence-corrected chi connectivity index (χ4v) is 1.74. The molecule has 1 heterocycles. The maximum atomic E-state index is 12.3. The highest BCUT2D eigenvalue weighted by molar-refractivity contribution is 6.29. The second kappa shape index (κ2) is 7.79. The highest BCUT2D eigenvalue weighted by atomic mass is 35.5. The molecule has 1 aromatic heterocycles. The van der Waals surface area contributed by atoms with Crippen LogP contribution in [0.3, 0.4) is 0 Å². The molecule has 0 radical (unpaired) electrons. The smallest absolute Gasteiger partial charge is 0.307 e. The summed E-state index contributed by atoms with van der Waals surface area (Å²) in [5.41, 5.74) is 0.208. The van der Waals surface area contributed by atoms with Gasteiger partial charge in [0.15, 0.2) is 10.8 Å². The van der Waals surface area contributed by atoms with Crippen molar-refractivity contribution in [3.63, 3.8) is 0 Å². The number of methoxy groups -OCH3 is 1. The van der Waals surface area contributed by atoms with E-state index in [-0.39, 0.29) is 41.6 Å². The number of hydrogen-bond acceptors (Lipinski definition) is 5. The number of halogens is 1. The van der Waals surface area contributed by atoms with Gasteiger partial charge >= 0.3 is 5.97 Å². The van der Waals surface area contributed by atoms with Gasteiger partial charge in [0.25, 0.3) is 5.91 Å². The molecule has 0 N–H and O–H groups in total. The number of rotatable bonds is 6. The number of carbonyl (C=O) groups excluding carboxylic acids is 2. The van der Waals surface area contributed by atoms with E-state index in [0.29, 0.717) is 6.54 Å². The predicted molar refractivity (Wildman–Crippen MR) is 74.4 cm³/mol. The predicted octanol–water partition coefficient (Wildman–Crippen LogP) is 1.79. The highest BCUT2D eigenvalue weighted by Gasteiger charge is 2.19. The lowest BCUT2D eigenvalue weighted by atomic mass is 10.2. The Kier molecular flexibility index (Phi) is 6.38. The summed E-state index contributed by atoms with van der Waals surface area (Å²) in [7, 11) is 1.32. The lowest BCUT2D eigenvalue weighted by Crippen LogP contribution is -2.36. The van der Waals surface area contributed by atoms with Gasteiger partial charge in [-0.05, 0) is 18.1 Å². The standard InChI is InChI=1S/C13H18ClN3O3/c1-9(2)8-17(7-6-12(18)20-3)13(19)10-4-5-11(14)16-15-10/h4-5,9H,6-8H2,1-3H3. The van der Waals surface area contributed by atoms with Gasteiger partial charge in [-0.25, -0.2) is 0 Å². The third-order valence-corrected chi connectivity index (χ3v) is 2.74. The fourth-order valence-electron chi connectivity index (χ4n) is 1.64. The molecule has 7 heteroatoms. The zero-order valence-corrected chi connectivity index (χ0v) is 12.6. The van der Waals surface area contributed by atoms with Gasteiger partial charge < -0.3 is 9.64 Å². The molecular formula is C13H18ClN3O3. The number of carbonyl (C=O) groups is 2. The molecule has 0 unspecified atom stereocenters. The molecule has 0 aliphatic carbocycles. The molecule has 0 saturated carbocycles. The number of hydrogen-bond donors (Lipinski definition) is 0. The minimum absolute atomic E-state index is 0.149. The number of aromatic nitrogens is 2. The van der Waals surface area contributed by atoms with Crippen LogP contribution in [0.15, 0.2) is 12.1 Å². The van der Waals surface area contributed by atoms with Crippen LogP contribution in [-0.2, 0) is 9.53 Å². The van der Waals surface area contributed by atoms with E-state index < -0.39 is 0 Å². The quantitative estimate of drug-likeness (QED) is 0.749. The molecule has 0 aliphatic heterocycles. The summed E-state index contributed by atoms with van der Waals surface area (Å²) in [6.45, 7) is 4.80. The molecule has 0 atom stereocenters. The largest absolute Gasteiger partial charge is 0.469 e. The second-order valence-electron chi connectivity index (χ2n) is 4.71. The summed E-state index contributed by atoms with van der Waals surface area (Å²) in [6, 6.07) is 3.03. The molecule has 0 aromatic carbocycles. The minimum Gasteiger partial charge on any atom is -0.469 e. The first-order valence-corrected chi connectivity index (χ1v) is 6.67. The van der Waals surface area contributed by atoms with Crippen molar-refractivity contribution in [1.82, 2.24) is 15.1 Å². The van der Waals surface area contributed by atoms with Crippen molar-refractivity contribution in [2.24, 2.45) is 5.92 Å². The Labute approximate surface area is 123 Å². The van der Waals surface area contributed by atoms with E-state index in [4.69, 9.17) is 11.6 Å². The first-order valence-electron chi connectivity index (χ1n) is 6.29. The van der Waals surface area contributed by atoms with Crippen molar-refractivity contribution < 1.29 is 14.3 Å². The van der Waals surface area contributed by atoms with Crippen LogP contribution in [0.4, 0.5) is 0 Å². The Bertz CT molecular complexity index is 462. The SMILES string of the molecule is COC(=O)CCN(CC(C)C)C(=O)c1ccc(Cl)nn1. The van der Waals surface area contributed by atoms with E-state index in [1.54, 1.807) is 4.90 Å². The Morgan fingerprint density at radius 1 is 1.35 bits per heavy atom. The Morgan fingerprint density at radius 3 is 2.55 bits per heavy atom. The number of esters is 1. The van der Waals surface area contributed by atoms with Crippen LogP contribution in [0.5, 0.6) is 0 Å². The summed E-state index contributed by atoms with van der Waals surface area (Å²) in [4.78, 5) is 25.1.